The fraction of sp³-hybridized carbons (Fsp3) is 0.464. The van der Waals surface area contributed by atoms with Crippen molar-refractivity contribution in [1.29, 1.82) is 0 Å². The van der Waals surface area contributed by atoms with Crippen molar-refractivity contribution in [2.24, 2.45) is 0 Å². The highest BCUT2D eigenvalue weighted by Gasteiger charge is 2.24. The number of hydrogen-bond donors (Lipinski definition) is 1. The highest BCUT2D eigenvalue weighted by atomic mass is 16.5. The molecule has 1 N–H and O–H groups in total. The summed E-state index contributed by atoms with van der Waals surface area (Å²) in [6.45, 7) is 8.97. The highest BCUT2D eigenvalue weighted by Crippen LogP contribution is 2.33. The van der Waals surface area contributed by atoms with Gasteiger partial charge in [-0.15, -0.1) is 0 Å². The van der Waals surface area contributed by atoms with E-state index in [1.807, 2.05) is 64.1 Å². The number of likely N-dealkylation sites (N-methyl/N-ethyl adjacent to an activating group) is 1. The maximum absolute atomic E-state index is 12.5. The molecule has 0 saturated heterocycles. The van der Waals surface area contributed by atoms with E-state index in [4.69, 9.17) is 18.7 Å². The van der Waals surface area contributed by atoms with Gasteiger partial charge in [-0.3, -0.25) is 4.79 Å². The van der Waals surface area contributed by atoms with Gasteiger partial charge in [0.2, 0.25) is 5.82 Å². The largest absolute Gasteiger partial charge is 0.490 e. The van der Waals surface area contributed by atoms with Gasteiger partial charge in [-0.1, -0.05) is 30.3 Å². The van der Waals surface area contributed by atoms with E-state index in [0.717, 1.165) is 22.3 Å². The van der Waals surface area contributed by atoms with Gasteiger partial charge in [0.05, 0.1) is 25.9 Å². The van der Waals surface area contributed by atoms with Crippen molar-refractivity contribution >= 4 is 5.91 Å². The molecule has 0 aliphatic carbocycles. The molecular weight excluding hydrogens is 474 g/mol. The standard InChI is InChI=1S/C28H37N3O6/c1-7-21(32)16-25(28(33)31(5)6)36-17-19-10-12-22(18(4)14-19)26-29-27(37-30-26)20-11-13-23(34-8-2)24(15-20)35-9-3/h10-15,21,25,32H,7-9,16-17H2,1-6H3/t21-,25-/m0/s1. The van der Waals surface area contributed by atoms with Crippen LogP contribution in [0.25, 0.3) is 22.8 Å². The highest BCUT2D eigenvalue weighted by molar-refractivity contribution is 5.80. The van der Waals surface area contributed by atoms with Crippen LogP contribution in [0.3, 0.4) is 0 Å². The first-order valence-electron chi connectivity index (χ1n) is 12.6. The van der Waals surface area contributed by atoms with Crippen molar-refractivity contribution in [2.45, 2.75) is 59.4 Å². The van der Waals surface area contributed by atoms with Gasteiger partial charge in [-0.2, -0.15) is 4.98 Å². The molecule has 0 spiro atoms. The van der Waals surface area contributed by atoms with Gasteiger partial charge >= 0.3 is 0 Å². The number of amides is 1. The molecule has 3 aromatic rings. The third kappa shape index (κ3) is 7.30. The summed E-state index contributed by atoms with van der Waals surface area (Å²) in [6, 6.07) is 11.3. The van der Waals surface area contributed by atoms with E-state index < -0.39 is 12.2 Å². The predicted molar refractivity (Wildman–Crippen MR) is 140 cm³/mol. The quantitative estimate of drug-likeness (QED) is 0.354. The molecule has 1 aromatic heterocycles. The minimum Gasteiger partial charge on any atom is -0.490 e. The summed E-state index contributed by atoms with van der Waals surface area (Å²) in [4.78, 5) is 18.6. The summed E-state index contributed by atoms with van der Waals surface area (Å²) < 4.78 is 22.8. The lowest BCUT2D eigenvalue weighted by Gasteiger charge is -2.23. The molecule has 200 valence electrons. The zero-order valence-corrected chi connectivity index (χ0v) is 22.5. The van der Waals surface area contributed by atoms with Crippen molar-refractivity contribution < 1.29 is 28.6 Å². The Hall–Kier alpha value is -3.43. The van der Waals surface area contributed by atoms with Gasteiger partial charge in [0.25, 0.3) is 11.8 Å². The van der Waals surface area contributed by atoms with Crippen molar-refractivity contribution in [2.75, 3.05) is 27.3 Å². The predicted octanol–water partition coefficient (Wildman–Crippen LogP) is 4.64. The Bertz CT molecular complexity index is 1180. The summed E-state index contributed by atoms with van der Waals surface area (Å²) in [7, 11) is 3.36. The first kappa shape index (κ1) is 28.1. The second-order valence-corrected chi connectivity index (χ2v) is 8.93. The lowest BCUT2D eigenvalue weighted by Crippen LogP contribution is -2.37. The first-order chi connectivity index (χ1) is 17.8. The number of rotatable bonds is 13. The number of hydrogen-bond acceptors (Lipinski definition) is 8. The van der Waals surface area contributed by atoms with Gasteiger partial charge in [-0.25, -0.2) is 0 Å². The fourth-order valence-corrected chi connectivity index (χ4v) is 3.84. The summed E-state index contributed by atoms with van der Waals surface area (Å²) in [5, 5.41) is 14.2. The molecule has 2 aromatic carbocycles. The first-order valence-corrected chi connectivity index (χ1v) is 12.6. The van der Waals surface area contributed by atoms with Crippen LogP contribution in [-0.2, 0) is 16.1 Å². The number of carbonyl (C=O) groups is 1. The molecule has 1 amide bonds. The minimum atomic E-state index is -0.708. The van der Waals surface area contributed by atoms with Crippen LogP contribution in [-0.4, -0.2) is 65.6 Å². The van der Waals surface area contributed by atoms with Crippen molar-refractivity contribution in [3.05, 3.63) is 47.5 Å². The molecule has 9 nitrogen and oxygen atoms in total. The molecule has 3 rings (SSSR count). The van der Waals surface area contributed by atoms with E-state index in [1.54, 1.807) is 14.1 Å². The van der Waals surface area contributed by atoms with Crippen LogP contribution in [0.15, 0.2) is 40.9 Å². The molecule has 0 radical (unpaired) electrons. The van der Waals surface area contributed by atoms with Gasteiger partial charge in [0.1, 0.15) is 6.10 Å². The normalized spacial score (nSPS) is 12.7. The number of aryl methyl sites for hydroxylation is 1. The van der Waals surface area contributed by atoms with E-state index in [9.17, 15) is 9.90 Å². The number of aliphatic hydroxyl groups excluding tert-OH is 1. The summed E-state index contributed by atoms with van der Waals surface area (Å²) in [5.41, 5.74) is 3.41. The Morgan fingerprint density at radius 1 is 1.05 bits per heavy atom. The molecular formula is C28H37N3O6. The van der Waals surface area contributed by atoms with Crippen LogP contribution in [0.5, 0.6) is 11.5 Å². The van der Waals surface area contributed by atoms with E-state index in [0.29, 0.717) is 42.8 Å². The summed E-state index contributed by atoms with van der Waals surface area (Å²) >= 11 is 0. The maximum atomic E-state index is 12.5. The van der Waals surface area contributed by atoms with Crippen LogP contribution < -0.4 is 9.47 Å². The van der Waals surface area contributed by atoms with Crippen molar-refractivity contribution in [3.8, 4) is 34.3 Å². The topological polar surface area (TPSA) is 107 Å². The van der Waals surface area contributed by atoms with Gasteiger partial charge in [0.15, 0.2) is 11.5 Å². The lowest BCUT2D eigenvalue weighted by atomic mass is 10.0. The Balaban J connectivity index is 1.75. The van der Waals surface area contributed by atoms with Crippen molar-refractivity contribution in [1.82, 2.24) is 15.0 Å². The lowest BCUT2D eigenvalue weighted by molar-refractivity contribution is -0.144. The Morgan fingerprint density at radius 3 is 2.43 bits per heavy atom. The SMILES string of the molecule is CCOc1ccc(-c2nc(-c3ccc(CO[C@@H](C[C@@H](O)CC)C(=O)N(C)C)cc3C)no2)cc1OCC. The fourth-order valence-electron chi connectivity index (χ4n) is 3.84. The zero-order valence-electron chi connectivity index (χ0n) is 22.5. The van der Waals surface area contributed by atoms with Crippen LogP contribution >= 0.6 is 0 Å². The second-order valence-electron chi connectivity index (χ2n) is 8.93. The molecule has 37 heavy (non-hydrogen) atoms. The van der Waals surface area contributed by atoms with E-state index in [-0.39, 0.29) is 18.9 Å². The van der Waals surface area contributed by atoms with Gasteiger partial charge in [0, 0.05) is 31.6 Å². The number of ether oxygens (including phenoxy) is 3. The van der Waals surface area contributed by atoms with Crippen LogP contribution in [0.2, 0.25) is 0 Å². The summed E-state index contributed by atoms with van der Waals surface area (Å²) in [6.07, 6.45) is -0.483. The minimum absolute atomic E-state index is 0.165. The molecule has 0 unspecified atom stereocenters. The number of aromatic nitrogens is 2. The molecule has 0 fully saturated rings. The third-order valence-corrected chi connectivity index (χ3v) is 5.87. The van der Waals surface area contributed by atoms with Gasteiger partial charge < -0.3 is 28.7 Å². The Kier molecular flexibility index (Phi) is 10.0. The van der Waals surface area contributed by atoms with Crippen LogP contribution in [0.4, 0.5) is 0 Å². The van der Waals surface area contributed by atoms with E-state index in [1.165, 1.54) is 4.90 Å². The summed E-state index contributed by atoms with van der Waals surface area (Å²) in [5.74, 6) is 1.98. The number of carbonyl (C=O) groups excluding carboxylic acids is 1. The van der Waals surface area contributed by atoms with E-state index in [2.05, 4.69) is 10.1 Å². The van der Waals surface area contributed by atoms with E-state index >= 15 is 0 Å². The third-order valence-electron chi connectivity index (χ3n) is 5.87. The smallest absolute Gasteiger partial charge is 0.258 e. The molecule has 9 heteroatoms. The molecule has 0 bridgehead atoms. The zero-order chi connectivity index (χ0) is 26.9. The number of aliphatic hydroxyl groups is 1. The average Bonchev–Trinajstić information content (AvgIpc) is 3.37. The maximum Gasteiger partial charge on any atom is 0.258 e. The average molecular weight is 512 g/mol. The Labute approximate surface area is 218 Å². The van der Waals surface area contributed by atoms with Crippen LogP contribution in [0.1, 0.15) is 44.7 Å². The van der Waals surface area contributed by atoms with Gasteiger partial charge in [-0.05, 0) is 56.5 Å². The molecule has 1 heterocycles. The molecule has 0 saturated carbocycles. The second kappa shape index (κ2) is 13.2. The monoisotopic (exact) mass is 511 g/mol. The number of nitrogens with zero attached hydrogens (tertiary/aromatic N) is 3. The molecule has 0 aliphatic heterocycles. The number of benzene rings is 2. The van der Waals surface area contributed by atoms with Crippen molar-refractivity contribution in [3.63, 3.8) is 0 Å². The van der Waals surface area contributed by atoms with Crippen LogP contribution in [0, 0.1) is 6.92 Å². The Morgan fingerprint density at radius 2 is 1.78 bits per heavy atom. The molecule has 2 atom stereocenters. The molecule has 0 aliphatic rings.